The van der Waals surface area contributed by atoms with E-state index in [0.29, 0.717) is 13.1 Å². The van der Waals surface area contributed by atoms with Gasteiger partial charge >= 0.3 is 0 Å². The molecule has 0 spiro atoms. The van der Waals surface area contributed by atoms with Gasteiger partial charge in [-0.15, -0.1) is 0 Å². The molecule has 0 amide bonds. The number of guanidine groups is 1. The highest BCUT2D eigenvalue weighted by Crippen LogP contribution is 2.18. The maximum atomic E-state index is 13.5. The van der Waals surface area contributed by atoms with Gasteiger partial charge in [0.15, 0.2) is 5.96 Å². The Balaban J connectivity index is 1.52. The Morgan fingerprint density at radius 3 is 2.43 bits per heavy atom. The Morgan fingerprint density at radius 2 is 1.75 bits per heavy atom. The second kappa shape index (κ2) is 10.2. The van der Waals surface area contributed by atoms with Crippen LogP contribution in [0.5, 0.6) is 0 Å². The molecule has 0 saturated carbocycles. The molecule has 2 N–H and O–H groups in total. The lowest BCUT2D eigenvalue weighted by Gasteiger charge is -2.18. The van der Waals surface area contributed by atoms with E-state index in [1.54, 1.807) is 24.9 Å². The molecular weight excluding hydrogens is 371 g/mol. The largest absolute Gasteiger partial charge is 0.364 e. The normalized spacial score (nSPS) is 13.8. The first-order valence-corrected chi connectivity index (χ1v) is 10.8. The van der Waals surface area contributed by atoms with Crippen LogP contribution in [0.4, 0.5) is 10.1 Å². The van der Waals surface area contributed by atoms with E-state index in [0.717, 1.165) is 35.9 Å². The topological polar surface area (TPSA) is 39.7 Å². The summed E-state index contributed by atoms with van der Waals surface area (Å²) in [4.78, 5) is 6.62. The predicted octanol–water partition coefficient (Wildman–Crippen LogP) is 3.93. The zero-order chi connectivity index (χ0) is 19.8. The van der Waals surface area contributed by atoms with E-state index in [9.17, 15) is 4.39 Å². The summed E-state index contributed by atoms with van der Waals surface area (Å²) in [5, 5.41) is 6.66. The molecule has 0 bridgehead atoms. The first-order valence-electron chi connectivity index (χ1n) is 9.39. The number of rotatable bonds is 7. The lowest BCUT2D eigenvalue weighted by atomic mass is 10.1. The van der Waals surface area contributed by atoms with Crippen LogP contribution in [-0.2, 0) is 18.8 Å². The highest BCUT2D eigenvalue weighted by molar-refractivity contribution is 7.97. The molecule has 28 heavy (non-hydrogen) atoms. The van der Waals surface area contributed by atoms with Crippen molar-refractivity contribution in [3.05, 3.63) is 77.1 Å². The molecule has 6 heteroatoms. The molecule has 0 radical (unpaired) electrons. The van der Waals surface area contributed by atoms with Crippen molar-refractivity contribution in [2.24, 2.45) is 4.99 Å². The lowest BCUT2D eigenvalue weighted by molar-refractivity contribution is 0.625. The van der Waals surface area contributed by atoms with Crippen LogP contribution in [0.15, 0.2) is 59.6 Å². The lowest BCUT2D eigenvalue weighted by Crippen LogP contribution is -2.36. The molecule has 1 aliphatic rings. The molecule has 4 nitrogen and oxygen atoms in total. The summed E-state index contributed by atoms with van der Waals surface area (Å²) < 4.78 is 13.5. The van der Waals surface area contributed by atoms with Gasteiger partial charge in [0.2, 0.25) is 0 Å². The Morgan fingerprint density at radius 1 is 1.04 bits per heavy atom. The third-order valence-corrected chi connectivity index (χ3v) is 5.32. The average molecular weight is 399 g/mol. The van der Waals surface area contributed by atoms with E-state index in [1.165, 1.54) is 17.3 Å². The highest BCUT2D eigenvalue weighted by Gasteiger charge is 2.08. The van der Waals surface area contributed by atoms with E-state index in [1.807, 2.05) is 12.3 Å². The number of thioether (sulfide) groups is 1. The van der Waals surface area contributed by atoms with Crippen LogP contribution < -0.4 is 15.5 Å². The van der Waals surface area contributed by atoms with Crippen LogP contribution in [0.3, 0.4) is 0 Å². The minimum atomic E-state index is -0.191. The van der Waals surface area contributed by atoms with E-state index in [2.05, 4.69) is 56.9 Å². The van der Waals surface area contributed by atoms with Gasteiger partial charge in [-0.05, 0) is 47.2 Å². The minimum absolute atomic E-state index is 0.191. The molecule has 1 heterocycles. The molecule has 0 fully saturated rings. The van der Waals surface area contributed by atoms with Crippen molar-refractivity contribution in [2.45, 2.75) is 18.8 Å². The zero-order valence-corrected chi connectivity index (χ0v) is 17.2. The van der Waals surface area contributed by atoms with Crippen LogP contribution in [0.2, 0.25) is 0 Å². The number of halogens is 1. The number of hydrogen-bond donors (Lipinski definition) is 2. The Labute approximate surface area is 170 Å². The number of benzene rings is 2. The fourth-order valence-electron chi connectivity index (χ4n) is 3.16. The summed E-state index contributed by atoms with van der Waals surface area (Å²) >= 11 is 1.69. The Kier molecular flexibility index (Phi) is 7.37. The van der Waals surface area contributed by atoms with Crippen LogP contribution in [0.1, 0.15) is 16.7 Å². The van der Waals surface area contributed by atoms with Crippen LogP contribution >= 0.6 is 11.8 Å². The van der Waals surface area contributed by atoms with Crippen molar-refractivity contribution in [3.63, 3.8) is 0 Å². The van der Waals surface area contributed by atoms with Gasteiger partial charge in [-0.1, -0.05) is 30.4 Å². The van der Waals surface area contributed by atoms with Gasteiger partial charge in [-0.25, -0.2) is 4.39 Å². The summed E-state index contributed by atoms with van der Waals surface area (Å²) in [5.41, 5.74) is 4.54. The monoisotopic (exact) mass is 398 g/mol. The third-order valence-electron chi connectivity index (χ3n) is 4.72. The van der Waals surface area contributed by atoms with Crippen LogP contribution in [0.25, 0.3) is 0 Å². The summed E-state index contributed by atoms with van der Waals surface area (Å²) in [6, 6.07) is 13.6. The predicted molar refractivity (Wildman–Crippen MR) is 118 cm³/mol. The maximum absolute atomic E-state index is 13.5. The molecule has 2 aromatic carbocycles. The average Bonchev–Trinajstić information content (AvgIpc) is 3.25. The van der Waals surface area contributed by atoms with E-state index >= 15 is 0 Å². The SMILES string of the molecule is CN=C(NCc1ccc(N2CC=CC2)cc1)NCc1ccc(F)cc1CSC. The van der Waals surface area contributed by atoms with Gasteiger partial charge in [-0.3, -0.25) is 4.99 Å². The van der Waals surface area contributed by atoms with Gasteiger partial charge in [0.25, 0.3) is 0 Å². The minimum Gasteiger partial charge on any atom is -0.364 e. The van der Waals surface area contributed by atoms with Gasteiger partial charge in [-0.2, -0.15) is 11.8 Å². The van der Waals surface area contributed by atoms with Crippen molar-refractivity contribution in [2.75, 3.05) is 31.3 Å². The first-order chi connectivity index (χ1) is 13.7. The molecule has 2 aromatic rings. The van der Waals surface area contributed by atoms with Gasteiger partial charge < -0.3 is 15.5 Å². The number of hydrogen-bond acceptors (Lipinski definition) is 3. The van der Waals surface area contributed by atoms with E-state index < -0.39 is 0 Å². The van der Waals surface area contributed by atoms with E-state index in [4.69, 9.17) is 0 Å². The molecule has 0 unspecified atom stereocenters. The van der Waals surface area contributed by atoms with Crippen molar-refractivity contribution in [1.82, 2.24) is 10.6 Å². The third kappa shape index (κ3) is 5.52. The van der Waals surface area contributed by atoms with Gasteiger partial charge in [0.05, 0.1) is 0 Å². The second-order valence-corrected chi connectivity index (χ2v) is 7.53. The summed E-state index contributed by atoms with van der Waals surface area (Å²) in [6.45, 7) is 3.27. The molecule has 1 aliphatic heterocycles. The zero-order valence-electron chi connectivity index (χ0n) is 16.4. The van der Waals surface area contributed by atoms with E-state index in [-0.39, 0.29) is 5.82 Å². The van der Waals surface area contributed by atoms with Crippen molar-refractivity contribution in [3.8, 4) is 0 Å². The van der Waals surface area contributed by atoms with Gasteiger partial charge in [0.1, 0.15) is 5.82 Å². The van der Waals surface area contributed by atoms with Crippen LogP contribution in [-0.4, -0.2) is 32.4 Å². The standard InChI is InChI=1S/C22H27FN4S/c1-24-22(26-15-18-7-8-20(23)13-19(18)16-28-2)25-14-17-5-9-21(10-6-17)27-11-3-4-12-27/h3-10,13H,11-12,14-16H2,1-2H3,(H2,24,25,26). The summed E-state index contributed by atoms with van der Waals surface area (Å²) in [6.07, 6.45) is 6.40. The number of anilines is 1. The molecule has 0 atom stereocenters. The highest BCUT2D eigenvalue weighted by atomic mass is 32.2. The number of nitrogens with zero attached hydrogens (tertiary/aromatic N) is 2. The first kappa shape index (κ1) is 20.3. The number of aliphatic imine (C=N–C) groups is 1. The fraction of sp³-hybridized carbons (Fsp3) is 0.318. The smallest absolute Gasteiger partial charge is 0.191 e. The van der Waals surface area contributed by atoms with Crippen molar-refractivity contribution < 1.29 is 4.39 Å². The van der Waals surface area contributed by atoms with Gasteiger partial charge in [0, 0.05) is 44.7 Å². The number of nitrogens with one attached hydrogen (secondary N) is 2. The Hall–Kier alpha value is -2.47. The molecular formula is C22H27FN4S. The quantitative estimate of drug-likeness (QED) is 0.421. The molecule has 0 aliphatic carbocycles. The fourth-order valence-corrected chi connectivity index (χ4v) is 3.74. The Bertz CT molecular complexity index is 825. The molecule has 148 valence electrons. The maximum Gasteiger partial charge on any atom is 0.191 e. The molecule has 3 rings (SSSR count). The van der Waals surface area contributed by atoms with Crippen LogP contribution in [0, 0.1) is 5.82 Å². The summed E-state index contributed by atoms with van der Waals surface area (Å²) in [7, 11) is 1.76. The molecule has 0 saturated heterocycles. The summed E-state index contributed by atoms with van der Waals surface area (Å²) in [5.74, 6) is 1.33. The van der Waals surface area contributed by atoms with Crippen molar-refractivity contribution >= 4 is 23.4 Å². The van der Waals surface area contributed by atoms with Crippen molar-refractivity contribution in [1.29, 1.82) is 0 Å². The molecule has 0 aromatic heterocycles. The second-order valence-electron chi connectivity index (χ2n) is 6.67.